The van der Waals surface area contributed by atoms with Gasteiger partial charge in [0.15, 0.2) is 0 Å². The Morgan fingerprint density at radius 1 is 1.14 bits per heavy atom. The average molecular weight is 317 g/mol. The van der Waals surface area contributed by atoms with E-state index in [0.29, 0.717) is 10.6 Å². The molecule has 0 aliphatic heterocycles. The van der Waals surface area contributed by atoms with Crippen molar-refractivity contribution in [2.24, 2.45) is 5.73 Å². The van der Waals surface area contributed by atoms with Gasteiger partial charge >= 0.3 is 0 Å². The van der Waals surface area contributed by atoms with E-state index in [0.717, 1.165) is 5.56 Å². The molecule has 0 aliphatic carbocycles. The van der Waals surface area contributed by atoms with Gasteiger partial charge in [-0.05, 0) is 30.9 Å². The molecule has 116 valence electrons. The molecule has 6 heteroatoms. The summed E-state index contributed by atoms with van der Waals surface area (Å²) in [6.45, 7) is 3.78. The Kier molecular flexibility index (Phi) is 5.30. The van der Waals surface area contributed by atoms with E-state index < -0.39 is 11.9 Å². The Hall–Kier alpha value is -2.18. The van der Waals surface area contributed by atoms with Crippen LogP contribution in [0.5, 0.6) is 0 Å². The molecular weight excluding hydrogens is 298 g/mol. The van der Waals surface area contributed by atoms with Crippen LogP contribution in [0, 0.1) is 0 Å². The Bertz CT molecular complexity index is 654. The maximum atomic E-state index is 12.2. The molecule has 0 saturated heterocycles. The van der Waals surface area contributed by atoms with Crippen molar-refractivity contribution in [2.75, 3.05) is 5.32 Å². The minimum absolute atomic E-state index is 0.0425. The Morgan fingerprint density at radius 2 is 1.82 bits per heavy atom. The third kappa shape index (κ3) is 3.93. The van der Waals surface area contributed by atoms with Gasteiger partial charge in [0, 0.05) is 6.04 Å². The highest BCUT2D eigenvalue weighted by molar-refractivity contribution is 7.14. The summed E-state index contributed by atoms with van der Waals surface area (Å²) < 4.78 is 0. The molecule has 5 nitrogen and oxygen atoms in total. The number of hydrogen-bond donors (Lipinski definition) is 3. The van der Waals surface area contributed by atoms with Crippen LogP contribution in [0.1, 0.15) is 35.8 Å². The Balaban J connectivity index is 1.97. The van der Waals surface area contributed by atoms with Crippen molar-refractivity contribution in [3.8, 4) is 0 Å². The van der Waals surface area contributed by atoms with E-state index in [1.165, 1.54) is 11.3 Å². The minimum Gasteiger partial charge on any atom is -0.366 e. The van der Waals surface area contributed by atoms with E-state index in [9.17, 15) is 9.59 Å². The monoisotopic (exact) mass is 317 g/mol. The van der Waals surface area contributed by atoms with Crippen LogP contribution in [0.3, 0.4) is 0 Å². The topological polar surface area (TPSA) is 84.2 Å². The van der Waals surface area contributed by atoms with Gasteiger partial charge in [-0.15, -0.1) is 11.3 Å². The number of nitrogens with two attached hydrogens (primary N) is 1. The second-order valence-corrected chi connectivity index (χ2v) is 5.95. The van der Waals surface area contributed by atoms with Gasteiger partial charge in [-0.1, -0.05) is 30.3 Å². The number of benzene rings is 1. The van der Waals surface area contributed by atoms with Crippen LogP contribution in [0.25, 0.3) is 0 Å². The fourth-order valence-electron chi connectivity index (χ4n) is 2.11. The predicted octanol–water partition coefficient (Wildman–Crippen LogP) is 2.52. The number of amides is 2. The summed E-state index contributed by atoms with van der Waals surface area (Å²) in [6.07, 6.45) is 0. The summed E-state index contributed by atoms with van der Waals surface area (Å²) in [5, 5.41) is 8.19. The van der Waals surface area contributed by atoms with Crippen LogP contribution in [-0.4, -0.2) is 17.9 Å². The first kappa shape index (κ1) is 16.2. The number of carbonyl (C=O) groups is 2. The number of anilines is 1. The lowest BCUT2D eigenvalue weighted by molar-refractivity contribution is -0.117. The van der Waals surface area contributed by atoms with Crippen molar-refractivity contribution in [3.05, 3.63) is 52.9 Å². The highest BCUT2D eigenvalue weighted by Crippen LogP contribution is 2.23. The van der Waals surface area contributed by atoms with Gasteiger partial charge < -0.3 is 11.1 Å². The number of carbonyl (C=O) groups excluding carboxylic acids is 2. The summed E-state index contributed by atoms with van der Waals surface area (Å²) in [5.74, 6) is -0.748. The normalized spacial score (nSPS) is 13.4. The van der Waals surface area contributed by atoms with Gasteiger partial charge in [0.1, 0.15) is 5.00 Å². The molecule has 22 heavy (non-hydrogen) atoms. The van der Waals surface area contributed by atoms with Gasteiger partial charge in [0.05, 0.1) is 11.6 Å². The standard InChI is InChI=1S/C16H19N3O2S/c1-10(12-6-4-3-5-7-12)18-11(2)15(21)19-16-13(14(17)20)8-9-22-16/h3-11,18H,1-2H3,(H2,17,20)(H,19,21)/t10-,11+/m1/s1. The van der Waals surface area contributed by atoms with E-state index in [1.54, 1.807) is 18.4 Å². The summed E-state index contributed by atoms with van der Waals surface area (Å²) in [6, 6.07) is 11.1. The molecule has 2 aromatic rings. The molecule has 1 aromatic heterocycles. The molecule has 4 N–H and O–H groups in total. The summed E-state index contributed by atoms with van der Waals surface area (Å²) >= 11 is 1.28. The number of thiophene rings is 1. The number of primary amides is 1. The molecule has 0 saturated carbocycles. The summed E-state index contributed by atoms with van der Waals surface area (Å²) in [7, 11) is 0. The zero-order chi connectivity index (χ0) is 16.1. The third-order valence-corrected chi connectivity index (χ3v) is 4.19. The fraction of sp³-hybridized carbons (Fsp3) is 0.250. The Labute approximate surface area is 133 Å². The van der Waals surface area contributed by atoms with Crippen molar-refractivity contribution in [1.82, 2.24) is 5.32 Å². The van der Waals surface area contributed by atoms with Crippen LogP contribution >= 0.6 is 11.3 Å². The quantitative estimate of drug-likeness (QED) is 0.765. The van der Waals surface area contributed by atoms with Gasteiger partial charge in [-0.3, -0.25) is 14.9 Å². The van der Waals surface area contributed by atoms with Crippen LogP contribution in [0.4, 0.5) is 5.00 Å². The van der Waals surface area contributed by atoms with Crippen molar-refractivity contribution >= 4 is 28.2 Å². The molecule has 0 fully saturated rings. The van der Waals surface area contributed by atoms with E-state index in [4.69, 9.17) is 5.73 Å². The summed E-state index contributed by atoms with van der Waals surface area (Å²) in [4.78, 5) is 23.5. The SMILES string of the molecule is C[C@H](N[C@H](C)c1ccccc1)C(=O)Nc1sccc1C(N)=O. The zero-order valence-electron chi connectivity index (χ0n) is 12.5. The largest absolute Gasteiger partial charge is 0.366 e. The van der Waals surface area contributed by atoms with Gasteiger partial charge in [0.2, 0.25) is 5.91 Å². The molecule has 1 aromatic carbocycles. The maximum Gasteiger partial charge on any atom is 0.251 e. The van der Waals surface area contributed by atoms with Crippen molar-refractivity contribution in [2.45, 2.75) is 25.9 Å². The molecule has 2 atom stereocenters. The number of rotatable bonds is 6. The highest BCUT2D eigenvalue weighted by atomic mass is 32.1. The number of nitrogens with one attached hydrogen (secondary N) is 2. The molecule has 0 aliphatic rings. The molecule has 2 amide bonds. The van der Waals surface area contributed by atoms with Gasteiger partial charge in [-0.25, -0.2) is 0 Å². The summed E-state index contributed by atoms with van der Waals surface area (Å²) in [5.41, 5.74) is 6.71. The molecule has 2 rings (SSSR count). The molecule has 0 bridgehead atoms. The molecule has 1 heterocycles. The van der Waals surface area contributed by atoms with Crippen LogP contribution in [0.2, 0.25) is 0 Å². The first-order valence-corrected chi connectivity index (χ1v) is 7.86. The van der Waals surface area contributed by atoms with E-state index in [2.05, 4.69) is 10.6 Å². The first-order valence-electron chi connectivity index (χ1n) is 6.98. The van der Waals surface area contributed by atoms with Gasteiger partial charge in [0.25, 0.3) is 5.91 Å². The lowest BCUT2D eigenvalue weighted by Gasteiger charge is -2.19. The highest BCUT2D eigenvalue weighted by Gasteiger charge is 2.19. The lowest BCUT2D eigenvalue weighted by Crippen LogP contribution is -2.39. The van der Waals surface area contributed by atoms with E-state index in [1.807, 2.05) is 37.3 Å². The van der Waals surface area contributed by atoms with E-state index in [-0.39, 0.29) is 11.9 Å². The smallest absolute Gasteiger partial charge is 0.251 e. The van der Waals surface area contributed by atoms with Crippen molar-refractivity contribution < 1.29 is 9.59 Å². The molecule has 0 unspecified atom stereocenters. The minimum atomic E-state index is -0.546. The predicted molar refractivity (Wildman–Crippen MR) is 88.9 cm³/mol. The third-order valence-electron chi connectivity index (χ3n) is 3.36. The number of hydrogen-bond acceptors (Lipinski definition) is 4. The molecule has 0 spiro atoms. The fourth-order valence-corrected chi connectivity index (χ4v) is 2.90. The average Bonchev–Trinajstić information content (AvgIpc) is 2.96. The van der Waals surface area contributed by atoms with Gasteiger partial charge in [-0.2, -0.15) is 0 Å². The zero-order valence-corrected chi connectivity index (χ0v) is 13.3. The van der Waals surface area contributed by atoms with Crippen LogP contribution in [0.15, 0.2) is 41.8 Å². The van der Waals surface area contributed by atoms with Crippen molar-refractivity contribution in [1.29, 1.82) is 0 Å². The maximum absolute atomic E-state index is 12.2. The van der Waals surface area contributed by atoms with Crippen molar-refractivity contribution in [3.63, 3.8) is 0 Å². The Morgan fingerprint density at radius 3 is 2.45 bits per heavy atom. The second kappa shape index (κ2) is 7.20. The van der Waals surface area contributed by atoms with E-state index >= 15 is 0 Å². The second-order valence-electron chi connectivity index (χ2n) is 5.04. The van der Waals surface area contributed by atoms with Crippen LogP contribution < -0.4 is 16.4 Å². The first-order chi connectivity index (χ1) is 10.5. The lowest BCUT2D eigenvalue weighted by atomic mass is 10.1. The molecule has 0 radical (unpaired) electrons. The van der Waals surface area contributed by atoms with Crippen LogP contribution in [-0.2, 0) is 4.79 Å². The molecular formula is C16H19N3O2S.